The third kappa shape index (κ3) is 3.29. The van der Waals surface area contributed by atoms with Crippen LogP contribution < -0.4 is 0 Å². The Hall–Kier alpha value is -2.70. The molecule has 2 aromatic rings. The van der Waals surface area contributed by atoms with Crippen molar-refractivity contribution in [3.63, 3.8) is 0 Å². The van der Waals surface area contributed by atoms with Crippen LogP contribution in [0.5, 0.6) is 0 Å². The van der Waals surface area contributed by atoms with Crippen molar-refractivity contribution in [3.05, 3.63) is 79.4 Å². The van der Waals surface area contributed by atoms with Crippen molar-refractivity contribution < 1.29 is 14.5 Å². The van der Waals surface area contributed by atoms with Crippen LogP contribution >= 0.6 is 23.2 Å². The molecule has 0 saturated carbocycles. The van der Waals surface area contributed by atoms with Gasteiger partial charge in [0.1, 0.15) is 0 Å². The fourth-order valence-corrected chi connectivity index (χ4v) is 2.53. The monoisotopic (exact) mass is 362 g/mol. The number of nitrogens with zero attached hydrogens (tertiary/aromatic N) is 2. The fourth-order valence-electron chi connectivity index (χ4n) is 2.04. The maximum absolute atomic E-state index is 11.9. The number of hydrogen-bond acceptors (Lipinski definition) is 5. The third-order valence-electron chi connectivity index (χ3n) is 3.19. The fraction of sp³-hybridized carbons (Fsp3) is 0. The van der Waals surface area contributed by atoms with Gasteiger partial charge in [-0.15, -0.1) is 0 Å². The minimum atomic E-state index is -0.630. The first-order valence-corrected chi connectivity index (χ1v) is 7.42. The number of carbonyl (C=O) groups excluding carboxylic acids is 1. The zero-order chi connectivity index (χ0) is 17.3. The van der Waals surface area contributed by atoms with Crippen molar-refractivity contribution in [2.24, 2.45) is 4.99 Å². The van der Waals surface area contributed by atoms with E-state index in [4.69, 9.17) is 27.9 Å². The summed E-state index contributed by atoms with van der Waals surface area (Å²) in [6, 6.07) is 10.4. The first-order chi connectivity index (χ1) is 11.4. The van der Waals surface area contributed by atoms with Gasteiger partial charge in [0.2, 0.25) is 5.90 Å². The number of aliphatic imine (C=N–C) groups is 1. The Balaban J connectivity index is 1.92. The SMILES string of the molecule is O=C1OC(c2ccc(Cl)cc2Cl)=N/C1=C\c1ccc([N+](=O)[O-])cc1. The van der Waals surface area contributed by atoms with Gasteiger partial charge in [0.25, 0.3) is 5.69 Å². The van der Waals surface area contributed by atoms with Crippen molar-refractivity contribution in [2.75, 3.05) is 0 Å². The molecule has 3 rings (SSSR count). The molecule has 0 amide bonds. The first-order valence-electron chi connectivity index (χ1n) is 6.66. The Bertz CT molecular complexity index is 905. The molecule has 2 aromatic carbocycles. The molecule has 120 valence electrons. The number of halogens is 2. The normalized spacial score (nSPS) is 15.3. The molecule has 0 bridgehead atoms. The number of ether oxygens (including phenoxy) is 1. The van der Waals surface area contributed by atoms with Crippen LogP contribution in [0, 0.1) is 10.1 Å². The molecular formula is C16H8Cl2N2O4. The van der Waals surface area contributed by atoms with Crippen LogP contribution in [0.3, 0.4) is 0 Å². The van der Waals surface area contributed by atoms with E-state index in [2.05, 4.69) is 4.99 Å². The van der Waals surface area contributed by atoms with Crippen molar-refractivity contribution in [1.82, 2.24) is 0 Å². The molecule has 0 radical (unpaired) electrons. The molecule has 6 nitrogen and oxygen atoms in total. The summed E-state index contributed by atoms with van der Waals surface area (Å²) >= 11 is 11.9. The molecule has 24 heavy (non-hydrogen) atoms. The minimum Gasteiger partial charge on any atom is -0.402 e. The highest BCUT2D eigenvalue weighted by Crippen LogP contribution is 2.26. The van der Waals surface area contributed by atoms with Crippen molar-refractivity contribution >= 4 is 46.8 Å². The Morgan fingerprint density at radius 2 is 1.83 bits per heavy atom. The van der Waals surface area contributed by atoms with Gasteiger partial charge in [-0.2, -0.15) is 0 Å². The van der Waals surface area contributed by atoms with E-state index in [0.717, 1.165) is 0 Å². The topological polar surface area (TPSA) is 81.8 Å². The summed E-state index contributed by atoms with van der Waals surface area (Å²) in [5.41, 5.74) is 1.06. The minimum absolute atomic E-state index is 0.0386. The van der Waals surface area contributed by atoms with Crippen LogP contribution in [-0.2, 0) is 9.53 Å². The van der Waals surface area contributed by atoms with Gasteiger partial charge in [0.15, 0.2) is 5.70 Å². The molecule has 0 atom stereocenters. The van der Waals surface area contributed by atoms with Gasteiger partial charge in [0, 0.05) is 17.2 Å². The number of non-ortho nitro benzene ring substituents is 1. The summed E-state index contributed by atoms with van der Waals surface area (Å²) in [6.45, 7) is 0. The largest absolute Gasteiger partial charge is 0.402 e. The summed E-state index contributed by atoms with van der Waals surface area (Å²) in [4.78, 5) is 26.2. The van der Waals surface area contributed by atoms with Crippen LogP contribution in [0.2, 0.25) is 10.0 Å². The quantitative estimate of drug-likeness (QED) is 0.353. The number of benzene rings is 2. The van der Waals surface area contributed by atoms with Crippen LogP contribution in [0.25, 0.3) is 6.08 Å². The number of nitro groups is 1. The van der Waals surface area contributed by atoms with E-state index in [1.165, 1.54) is 36.4 Å². The highest BCUT2D eigenvalue weighted by atomic mass is 35.5. The van der Waals surface area contributed by atoms with Crippen molar-refractivity contribution in [2.45, 2.75) is 0 Å². The zero-order valence-electron chi connectivity index (χ0n) is 11.9. The number of hydrogen-bond donors (Lipinski definition) is 0. The second kappa shape index (κ2) is 6.43. The van der Waals surface area contributed by atoms with Gasteiger partial charge in [-0.3, -0.25) is 10.1 Å². The van der Waals surface area contributed by atoms with E-state index in [1.807, 2.05) is 0 Å². The van der Waals surface area contributed by atoms with Gasteiger partial charge < -0.3 is 4.74 Å². The van der Waals surface area contributed by atoms with E-state index >= 15 is 0 Å². The predicted octanol–water partition coefficient (Wildman–Crippen LogP) is 4.25. The van der Waals surface area contributed by atoms with E-state index in [1.54, 1.807) is 12.1 Å². The number of cyclic esters (lactones) is 1. The number of rotatable bonds is 3. The van der Waals surface area contributed by atoms with Crippen LogP contribution in [-0.4, -0.2) is 16.8 Å². The molecule has 0 aliphatic carbocycles. The van der Waals surface area contributed by atoms with Gasteiger partial charge in [-0.25, -0.2) is 9.79 Å². The number of carbonyl (C=O) groups is 1. The second-order valence-electron chi connectivity index (χ2n) is 4.81. The zero-order valence-corrected chi connectivity index (χ0v) is 13.4. The Kier molecular flexibility index (Phi) is 4.33. The van der Waals surface area contributed by atoms with E-state index in [0.29, 0.717) is 21.2 Å². The lowest BCUT2D eigenvalue weighted by Gasteiger charge is -2.02. The molecule has 0 saturated heterocycles. The van der Waals surface area contributed by atoms with E-state index < -0.39 is 10.9 Å². The number of nitro benzene ring substituents is 1. The summed E-state index contributed by atoms with van der Waals surface area (Å²) in [5, 5.41) is 11.4. The molecule has 1 aliphatic rings. The highest BCUT2D eigenvalue weighted by molar-refractivity contribution is 6.37. The van der Waals surface area contributed by atoms with E-state index in [-0.39, 0.29) is 17.3 Å². The molecule has 0 aromatic heterocycles. The summed E-state index contributed by atoms with van der Waals surface area (Å²) in [7, 11) is 0. The van der Waals surface area contributed by atoms with Crippen LogP contribution in [0.15, 0.2) is 53.2 Å². The van der Waals surface area contributed by atoms with Crippen molar-refractivity contribution in [3.8, 4) is 0 Å². The molecule has 0 spiro atoms. The van der Waals surface area contributed by atoms with Crippen molar-refractivity contribution in [1.29, 1.82) is 0 Å². The first kappa shape index (κ1) is 16.2. The third-order valence-corrected chi connectivity index (χ3v) is 3.74. The van der Waals surface area contributed by atoms with Crippen LogP contribution in [0.1, 0.15) is 11.1 Å². The Morgan fingerprint density at radius 3 is 2.46 bits per heavy atom. The maximum Gasteiger partial charge on any atom is 0.363 e. The highest BCUT2D eigenvalue weighted by Gasteiger charge is 2.25. The molecule has 0 fully saturated rings. The molecule has 0 unspecified atom stereocenters. The Labute approximate surface area is 146 Å². The van der Waals surface area contributed by atoms with Gasteiger partial charge in [-0.1, -0.05) is 23.2 Å². The van der Waals surface area contributed by atoms with E-state index in [9.17, 15) is 14.9 Å². The summed E-state index contributed by atoms with van der Waals surface area (Å²) < 4.78 is 5.12. The lowest BCUT2D eigenvalue weighted by molar-refractivity contribution is -0.384. The molecule has 8 heteroatoms. The molecular weight excluding hydrogens is 355 g/mol. The molecule has 0 N–H and O–H groups in total. The van der Waals surface area contributed by atoms with Gasteiger partial charge in [-0.05, 0) is 42.0 Å². The Morgan fingerprint density at radius 1 is 1.12 bits per heavy atom. The maximum atomic E-state index is 11.9. The lowest BCUT2D eigenvalue weighted by atomic mass is 10.2. The molecule has 1 heterocycles. The van der Waals surface area contributed by atoms with Gasteiger partial charge >= 0.3 is 5.97 Å². The smallest absolute Gasteiger partial charge is 0.363 e. The van der Waals surface area contributed by atoms with Gasteiger partial charge in [0.05, 0.1) is 15.5 Å². The second-order valence-corrected chi connectivity index (χ2v) is 5.65. The predicted molar refractivity (Wildman–Crippen MR) is 90.2 cm³/mol. The summed E-state index contributed by atoms with van der Waals surface area (Å²) in [5.74, 6) is -0.552. The molecule has 1 aliphatic heterocycles. The summed E-state index contributed by atoms with van der Waals surface area (Å²) in [6.07, 6.45) is 1.48. The average molecular weight is 363 g/mol. The van der Waals surface area contributed by atoms with Crippen LogP contribution in [0.4, 0.5) is 5.69 Å². The number of esters is 1. The average Bonchev–Trinajstić information content (AvgIpc) is 2.88. The lowest BCUT2D eigenvalue weighted by Crippen LogP contribution is -2.05. The standard InChI is InChI=1S/C16H8Cl2N2O4/c17-10-3-6-12(13(18)8-10)15-19-14(16(21)24-15)7-9-1-4-11(5-2-9)20(22)23/h1-8H/b14-7-.